The van der Waals surface area contributed by atoms with E-state index in [0.717, 1.165) is 34.9 Å². The molecule has 1 amide bonds. The lowest BCUT2D eigenvalue weighted by molar-refractivity contribution is 0.0244. The second kappa shape index (κ2) is 12.0. The second-order valence-electron chi connectivity index (χ2n) is 9.91. The third kappa shape index (κ3) is 5.71. The van der Waals surface area contributed by atoms with Gasteiger partial charge in [-0.25, -0.2) is 4.98 Å². The van der Waals surface area contributed by atoms with Gasteiger partial charge < -0.3 is 39.0 Å². The number of benzene rings is 2. The number of fused-ring (bicyclic) bond motifs is 2. The van der Waals surface area contributed by atoms with E-state index < -0.39 is 0 Å². The van der Waals surface area contributed by atoms with E-state index in [0.29, 0.717) is 72.3 Å². The van der Waals surface area contributed by atoms with Crippen molar-refractivity contribution in [1.82, 2.24) is 25.3 Å². The summed E-state index contributed by atoms with van der Waals surface area (Å²) in [5, 5.41) is 6.81. The van der Waals surface area contributed by atoms with Gasteiger partial charge in [0.25, 0.3) is 5.91 Å². The molecule has 0 bridgehead atoms. The Balaban J connectivity index is 1.35. The maximum atomic E-state index is 12.5. The first kappa shape index (κ1) is 27.5. The Labute approximate surface area is 241 Å². The maximum Gasteiger partial charge on any atom is 0.251 e. The molecule has 0 aliphatic carbocycles. The van der Waals surface area contributed by atoms with Gasteiger partial charge in [-0.1, -0.05) is 6.07 Å². The van der Waals surface area contributed by atoms with Crippen molar-refractivity contribution in [3.05, 3.63) is 54.0 Å². The summed E-state index contributed by atoms with van der Waals surface area (Å²) in [5.74, 6) is 1.62. The summed E-state index contributed by atoms with van der Waals surface area (Å²) in [5.41, 5.74) is 4.97. The number of amides is 1. The topological polar surface area (TPSA) is 146 Å². The Kier molecular flexibility index (Phi) is 7.89. The number of methoxy groups -OCH3 is 2. The molecule has 4 heterocycles. The smallest absolute Gasteiger partial charge is 0.251 e. The van der Waals surface area contributed by atoms with Crippen LogP contribution in [0, 0.1) is 6.92 Å². The molecule has 218 valence electrons. The Morgan fingerprint density at radius 3 is 2.76 bits per heavy atom. The van der Waals surface area contributed by atoms with Crippen LogP contribution in [-0.2, 0) is 9.47 Å². The number of aryl methyl sites for hydroxylation is 1. The van der Waals surface area contributed by atoms with Gasteiger partial charge in [0.2, 0.25) is 11.8 Å². The van der Waals surface area contributed by atoms with Gasteiger partial charge in [0.15, 0.2) is 11.5 Å². The predicted molar refractivity (Wildman–Crippen MR) is 157 cm³/mol. The SMILES string of the molecule is COCCNC(=O)c1ccc(Nc2nc(OC3CCOCC3)c3c(-c4ccc5nc(C)oc5c4)c[nH]c3n2)c(OC)c1. The fraction of sp³-hybridized carbons (Fsp3) is 0.333. The maximum absolute atomic E-state index is 12.5. The van der Waals surface area contributed by atoms with Crippen LogP contribution in [-0.4, -0.2) is 72.5 Å². The molecule has 0 saturated carbocycles. The van der Waals surface area contributed by atoms with E-state index in [-0.39, 0.29) is 12.0 Å². The molecule has 3 aromatic heterocycles. The Hall–Kier alpha value is -4.68. The minimum absolute atomic E-state index is 0.0442. The molecule has 6 rings (SSSR count). The van der Waals surface area contributed by atoms with Crippen LogP contribution in [0.3, 0.4) is 0 Å². The van der Waals surface area contributed by atoms with E-state index in [1.807, 2.05) is 31.3 Å². The van der Waals surface area contributed by atoms with E-state index >= 15 is 0 Å². The van der Waals surface area contributed by atoms with Gasteiger partial charge in [0.05, 0.1) is 38.0 Å². The number of rotatable bonds is 10. The molecule has 2 aromatic carbocycles. The summed E-state index contributed by atoms with van der Waals surface area (Å²) >= 11 is 0. The zero-order chi connectivity index (χ0) is 29.1. The van der Waals surface area contributed by atoms with Crippen LogP contribution in [0.4, 0.5) is 11.6 Å². The lowest BCUT2D eigenvalue weighted by atomic mass is 10.1. The molecular formula is C30H32N6O6. The zero-order valence-electron chi connectivity index (χ0n) is 23.7. The van der Waals surface area contributed by atoms with E-state index in [4.69, 9.17) is 33.3 Å². The van der Waals surface area contributed by atoms with Gasteiger partial charge in [-0.05, 0) is 35.9 Å². The summed E-state index contributed by atoms with van der Waals surface area (Å²) in [4.78, 5) is 29.8. The molecule has 3 N–H and O–H groups in total. The van der Waals surface area contributed by atoms with Crippen molar-refractivity contribution in [1.29, 1.82) is 0 Å². The van der Waals surface area contributed by atoms with Crippen molar-refractivity contribution >= 4 is 39.7 Å². The van der Waals surface area contributed by atoms with E-state index in [1.54, 1.807) is 32.4 Å². The number of H-pyrrole nitrogens is 1. The third-order valence-corrected chi connectivity index (χ3v) is 7.05. The van der Waals surface area contributed by atoms with Crippen LogP contribution >= 0.6 is 0 Å². The van der Waals surface area contributed by atoms with Crippen LogP contribution in [0.25, 0.3) is 33.3 Å². The van der Waals surface area contributed by atoms with Crippen molar-refractivity contribution in [2.75, 3.05) is 45.9 Å². The van der Waals surface area contributed by atoms with Crippen LogP contribution in [0.15, 0.2) is 47.0 Å². The highest BCUT2D eigenvalue weighted by Crippen LogP contribution is 2.37. The molecular weight excluding hydrogens is 540 g/mol. The van der Waals surface area contributed by atoms with Crippen molar-refractivity contribution in [2.45, 2.75) is 25.9 Å². The van der Waals surface area contributed by atoms with E-state index in [1.165, 1.54) is 0 Å². The first-order valence-electron chi connectivity index (χ1n) is 13.8. The molecule has 1 aliphatic rings. The second-order valence-corrected chi connectivity index (χ2v) is 9.91. The summed E-state index contributed by atoms with van der Waals surface area (Å²) in [6.07, 6.45) is 3.37. The fourth-order valence-corrected chi connectivity index (χ4v) is 4.95. The molecule has 12 heteroatoms. The zero-order valence-corrected chi connectivity index (χ0v) is 23.7. The first-order valence-corrected chi connectivity index (χ1v) is 13.8. The summed E-state index contributed by atoms with van der Waals surface area (Å²) in [6.45, 7) is 3.93. The number of oxazole rings is 1. The Morgan fingerprint density at radius 1 is 1.10 bits per heavy atom. The van der Waals surface area contributed by atoms with Crippen LogP contribution < -0.4 is 20.1 Å². The molecule has 5 aromatic rings. The number of carbonyl (C=O) groups excluding carboxylic acids is 1. The number of hydrogen-bond donors (Lipinski definition) is 3. The molecule has 42 heavy (non-hydrogen) atoms. The normalized spacial score (nSPS) is 13.9. The average molecular weight is 573 g/mol. The van der Waals surface area contributed by atoms with Crippen molar-refractivity contribution in [3.8, 4) is 22.8 Å². The molecule has 0 unspecified atom stereocenters. The standard InChI is InChI=1S/C30H32N6O6/c1-17-33-23-6-4-18(14-25(23)41-17)21-16-32-27-26(21)29(42-20-8-11-40-12-9-20)36-30(35-27)34-22-7-5-19(15-24(22)39-3)28(37)31-10-13-38-2/h4-7,14-16,20H,8-13H2,1-3H3,(H,31,37)(H2,32,34,35,36). The minimum Gasteiger partial charge on any atom is -0.495 e. The molecule has 1 saturated heterocycles. The molecule has 0 radical (unpaired) electrons. The third-order valence-electron chi connectivity index (χ3n) is 7.05. The number of nitrogens with one attached hydrogen (secondary N) is 3. The average Bonchev–Trinajstić information content (AvgIpc) is 3.60. The number of carbonyl (C=O) groups is 1. The van der Waals surface area contributed by atoms with Gasteiger partial charge in [-0.3, -0.25) is 4.79 Å². The summed E-state index contributed by atoms with van der Waals surface area (Å²) < 4.78 is 28.4. The number of anilines is 2. The lowest BCUT2D eigenvalue weighted by Crippen LogP contribution is -2.26. The number of hydrogen-bond acceptors (Lipinski definition) is 10. The minimum atomic E-state index is -0.223. The van der Waals surface area contributed by atoms with Crippen LogP contribution in [0.1, 0.15) is 29.1 Å². The van der Waals surface area contributed by atoms with Crippen molar-refractivity contribution < 1.29 is 28.2 Å². The van der Waals surface area contributed by atoms with E-state index in [9.17, 15) is 4.79 Å². The van der Waals surface area contributed by atoms with Gasteiger partial charge in [0, 0.05) is 50.7 Å². The van der Waals surface area contributed by atoms with Crippen LogP contribution in [0.2, 0.25) is 0 Å². The number of ether oxygens (including phenoxy) is 4. The fourth-order valence-electron chi connectivity index (χ4n) is 4.95. The quantitative estimate of drug-likeness (QED) is 0.200. The Bertz CT molecular complexity index is 1720. The molecule has 0 atom stereocenters. The first-order chi connectivity index (χ1) is 20.5. The highest BCUT2D eigenvalue weighted by Gasteiger charge is 2.23. The number of aromatic nitrogens is 4. The largest absolute Gasteiger partial charge is 0.495 e. The highest BCUT2D eigenvalue weighted by molar-refractivity contribution is 5.99. The van der Waals surface area contributed by atoms with Gasteiger partial charge in [-0.15, -0.1) is 0 Å². The monoisotopic (exact) mass is 572 g/mol. The number of aromatic amines is 1. The van der Waals surface area contributed by atoms with Crippen LogP contribution in [0.5, 0.6) is 11.6 Å². The molecule has 0 spiro atoms. The molecule has 12 nitrogen and oxygen atoms in total. The van der Waals surface area contributed by atoms with Gasteiger partial charge in [-0.2, -0.15) is 9.97 Å². The van der Waals surface area contributed by atoms with Gasteiger partial charge in [0.1, 0.15) is 23.0 Å². The molecule has 1 aliphatic heterocycles. The highest BCUT2D eigenvalue weighted by atomic mass is 16.5. The molecule has 1 fully saturated rings. The lowest BCUT2D eigenvalue weighted by Gasteiger charge is -2.23. The summed E-state index contributed by atoms with van der Waals surface area (Å²) in [6, 6.07) is 11.0. The van der Waals surface area contributed by atoms with Crippen molar-refractivity contribution in [2.24, 2.45) is 0 Å². The summed E-state index contributed by atoms with van der Waals surface area (Å²) in [7, 11) is 3.13. The van der Waals surface area contributed by atoms with Gasteiger partial charge >= 0.3 is 0 Å². The van der Waals surface area contributed by atoms with Crippen molar-refractivity contribution in [3.63, 3.8) is 0 Å². The van der Waals surface area contributed by atoms with E-state index in [2.05, 4.69) is 20.6 Å². The number of nitrogens with zero attached hydrogens (tertiary/aromatic N) is 3. The Morgan fingerprint density at radius 2 is 1.95 bits per heavy atom. The predicted octanol–water partition coefficient (Wildman–Crippen LogP) is 4.76.